The van der Waals surface area contributed by atoms with Crippen molar-refractivity contribution in [2.45, 2.75) is 25.2 Å². The number of aliphatic hydroxyl groups excluding tert-OH is 2. The van der Waals surface area contributed by atoms with E-state index in [1.165, 1.54) is 12.1 Å². The second kappa shape index (κ2) is 6.48. The number of β-amino-alcohol motifs (C(OH)–C–C–N with tert-alkyl or cyclic N) is 1. The van der Waals surface area contributed by atoms with Gasteiger partial charge in [0.15, 0.2) is 0 Å². The maximum atomic E-state index is 13.1. The predicted octanol–water partition coefficient (Wildman–Crippen LogP) is 2.27. The summed E-state index contributed by atoms with van der Waals surface area (Å²) < 4.78 is 13.1. The van der Waals surface area contributed by atoms with Crippen LogP contribution in [0.15, 0.2) is 48.5 Å². The molecule has 1 saturated heterocycles. The number of benzene rings is 2. The number of likely N-dealkylation sites (tertiary alicyclic amines) is 1. The molecule has 2 aromatic rings. The number of carbonyl (C=O) groups is 1. The first-order valence-electron chi connectivity index (χ1n) is 7.53. The SMILES string of the molecule is O=C(c1cccc(CO)c1)N1C[C@H](O)C[C@@H]1c1ccc(F)cc1. The summed E-state index contributed by atoms with van der Waals surface area (Å²) in [7, 11) is 0. The lowest BCUT2D eigenvalue weighted by Gasteiger charge is -2.25. The van der Waals surface area contributed by atoms with Crippen molar-refractivity contribution in [3.8, 4) is 0 Å². The highest BCUT2D eigenvalue weighted by atomic mass is 19.1. The summed E-state index contributed by atoms with van der Waals surface area (Å²) in [5.41, 5.74) is 1.93. The average molecular weight is 315 g/mol. The van der Waals surface area contributed by atoms with E-state index in [1.54, 1.807) is 41.3 Å². The van der Waals surface area contributed by atoms with Gasteiger partial charge >= 0.3 is 0 Å². The number of nitrogens with zero attached hydrogens (tertiary/aromatic N) is 1. The number of hydrogen-bond donors (Lipinski definition) is 2. The first-order chi connectivity index (χ1) is 11.1. The van der Waals surface area contributed by atoms with Crippen LogP contribution in [0, 0.1) is 5.82 Å². The molecule has 0 spiro atoms. The summed E-state index contributed by atoms with van der Waals surface area (Å²) in [6, 6.07) is 12.5. The molecule has 0 saturated carbocycles. The lowest BCUT2D eigenvalue weighted by atomic mass is 10.0. The molecule has 1 heterocycles. The smallest absolute Gasteiger partial charge is 0.254 e. The fourth-order valence-electron chi connectivity index (χ4n) is 3.01. The molecule has 120 valence electrons. The normalized spacial score (nSPS) is 20.7. The van der Waals surface area contributed by atoms with E-state index in [1.807, 2.05) is 0 Å². The number of halogens is 1. The van der Waals surface area contributed by atoms with Crippen molar-refractivity contribution in [2.24, 2.45) is 0 Å². The van der Waals surface area contributed by atoms with Gasteiger partial charge in [0.25, 0.3) is 5.91 Å². The summed E-state index contributed by atoms with van der Waals surface area (Å²) in [6.45, 7) is 0.107. The van der Waals surface area contributed by atoms with E-state index in [4.69, 9.17) is 0 Å². The number of amides is 1. The van der Waals surface area contributed by atoms with Crippen molar-refractivity contribution in [1.29, 1.82) is 0 Å². The summed E-state index contributed by atoms with van der Waals surface area (Å²) in [6.07, 6.45) is -0.174. The highest BCUT2D eigenvalue weighted by molar-refractivity contribution is 5.95. The monoisotopic (exact) mass is 315 g/mol. The van der Waals surface area contributed by atoms with Crippen molar-refractivity contribution in [1.82, 2.24) is 4.90 Å². The van der Waals surface area contributed by atoms with Gasteiger partial charge in [-0.1, -0.05) is 24.3 Å². The molecule has 4 nitrogen and oxygen atoms in total. The molecule has 0 unspecified atom stereocenters. The molecule has 1 fully saturated rings. The van der Waals surface area contributed by atoms with E-state index in [0.717, 1.165) is 5.56 Å². The van der Waals surface area contributed by atoms with Gasteiger partial charge in [0.2, 0.25) is 0 Å². The molecule has 0 radical (unpaired) electrons. The largest absolute Gasteiger partial charge is 0.392 e. The van der Waals surface area contributed by atoms with Crippen molar-refractivity contribution >= 4 is 5.91 Å². The van der Waals surface area contributed by atoms with Gasteiger partial charge in [-0.15, -0.1) is 0 Å². The van der Waals surface area contributed by atoms with E-state index in [-0.39, 0.29) is 30.9 Å². The number of carbonyl (C=O) groups excluding carboxylic acids is 1. The molecule has 3 rings (SSSR count). The first kappa shape index (κ1) is 15.6. The van der Waals surface area contributed by atoms with Crippen LogP contribution in [0.25, 0.3) is 0 Å². The zero-order valence-corrected chi connectivity index (χ0v) is 12.5. The highest BCUT2D eigenvalue weighted by Gasteiger charge is 2.35. The first-order valence-corrected chi connectivity index (χ1v) is 7.53. The Morgan fingerprint density at radius 2 is 1.96 bits per heavy atom. The maximum Gasteiger partial charge on any atom is 0.254 e. The average Bonchev–Trinajstić information content (AvgIpc) is 2.96. The van der Waals surface area contributed by atoms with Crippen LogP contribution in [-0.2, 0) is 6.61 Å². The van der Waals surface area contributed by atoms with Crippen molar-refractivity contribution in [2.75, 3.05) is 6.54 Å². The molecular formula is C18H18FNO3. The second-order valence-corrected chi connectivity index (χ2v) is 5.77. The minimum atomic E-state index is -0.602. The third-order valence-corrected chi connectivity index (χ3v) is 4.15. The third kappa shape index (κ3) is 3.25. The summed E-state index contributed by atoms with van der Waals surface area (Å²) in [5.74, 6) is -0.535. The molecule has 1 aliphatic heterocycles. The van der Waals surface area contributed by atoms with Crippen LogP contribution >= 0.6 is 0 Å². The van der Waals surface area contributed by atoms with E-state index in [2.05, 4.69) is 0 Å². The van der Waals surface area contributed by atoms with Gasteiger partial charge < -0.3 is 15.1 Å². The van der Waals surface area contributed by atoms with E-state index < -0.39 is 6.10 Å². The van der Waals surface area contributed by atoms with Crippen molar-refractivity contribution in [3.63, 3.8) is 0 Å². The molecule has 0 aromatic heterocycles. The topological polar surface area (TPSA) is 60.8 Å². The van der Waals surface area contributed by atoms with Gasteiger partial charge in [-0.2, -0.15) is 0 Å². The van der Waals surface area contributed by atoms with Crippen molar-refractivity contribution < 1.29 is 19.4 Å². The van der Waals surface area contributed by atoms with Crippen LogP contribution < -0.4 is 0 Å². The van der Waals surface area contributed by atoms with Crippen LogP contribution in [0.4, 0.5) is 4.39 Å². The molecule has 1 amide bonds. The summed E-state index contributed by atoms with van der Waals surface area (Å²) >= 11 is 0. The van der Waals surface area contributed by atoms with Crippen LogP contribution in [-0.4, -0.2) is 33.7 Å². The molecule has 2 N–H and O–H groups in total. The summed E-state index contributed by atoms with van der Waals surface area (Å²) in [5, 5.41) is 19.2. The Kier molecular flexibility index (Phi) is 4.41. The molecule has 1 aliphatic rings. The second-order valence-electron chi connectivity index (χ2n) is 5.77. The molecule has 5 heteroatoms. The van der Waals surface area contributed by atoms with Gasteiger partial charge in [-0.25, -0.2) is 4.39 Å². The maximum absolute atomic E-state index is 13.1. The Morgan fingerprint density at radius 1 is 1.22 bits per heavy atom. The van der Waals surface area contributed by atoms with Crippen LogP contribution in [0.5, 0.6) is 0 Å². The van der Waals surface area contributed by atoms with Gasteiger partial charge in [-0.05, 0) is 41.8 Å². The highest BCUT2D eigenvalue weighted by Crippen LogP contribution is 2.33. The lowest BCUT2D eigenvalue weighted by molar-refractivity contribution is 0.0715. The Labute approximate surface area is 133 Å². The Hall–Kier alpha value is -2.24. The van der Waals surface area contributed by atoms with Crippen LogP contribution in [0.3, 0.4) is 0 Å². The molecular weight excluding hydrogens is 297 g/mol. The fourth-order valence-corrected chi connectivity index (χ4v) is 3.01. The summed E-state index contributed by atoms with van der Waals surface area (Å²) in [4.78, 5) is 14.4. The minimum Gasteiger partial charge on any atom is -0.392 e. The van der Waals surface area contributed by atoms with Gasteiger partial charge in [0.05, 0.1) is 18.8 Å². The zero-order chi connectivity index (χ0) is 16.4. The fraction of sp³-hybridized carbons (Fsp3) is 0.278. The quantitative estimate of drug-likeness (QED) is 0.913. The Morgan fingerprint density at radius 3 is 2.65 bits per heavy atom. The van der Waals surface area contributed by atoms with E-state index >= 15 is 0 Å². The van der Waals surface area contributed by atoms with Gasteiger partial charge in [0.1, 0.15) is 5.82 Å². The van der Waals surface area contributed by atoms with Crippen LogP contribution in [0.2, 0.25) is 0 Å². The minimum absolute atomic E-state index is 0.134. The van der Waals surface area contributed by atoms with E-state index in [9.17, 15) is 19.4 Å². The standard InChI is InChI=1S/C18H18FNO3/c19-15-6-4-13(5-7-15)17-9-16(22)10-20(17)18(23)14-3-1-2-12(8-14)11-21/h1-8,16-17,21-22H,9-11H2/t16-,17-/m1/s1. The van der Waals surface area contributed by atoms with Gasteiger partial charge in [0, 0.05) is 12.1 Å². The van der Waals surface area contributed by atoms with Gasteiger partial charge in [-0.3, -0.25) is 4.79 Å². The number of rotatable bonds is 3. The molecule has 2 aromatic carbocycles. The Balaban J connectivity index is 1.89. The Bertz CT molecular complexity index is 702. The molecule has 0 aliphatic carbocycles. The number of hydrogen-bond acceptors (Lipinski definition) is 3. The molecule has 0 bridgehead atoms. The zero-order valence-electron chi connectivity index (χ0n) is 12.5. The molecule has 2 atom stereocenters. The van der Waals surface area contributed by atoms with E-state index in [0.29, 0.717) is 17.5 Å². The lowest BCUT2D eigenvalue weighted by Crippen LogP contribution is -2.31. The van der Waals surface area contributed by atoms with Crippen molar-refractivity contribution in [3.05, 3.63) is 71.0 Å². The predicted molar refractivity (Wildman–Crippen MR) is 83.2 cm³/mol. The molecule has 23 heavy (non-hydrogen) atoms. The number of aliphatic hydroxyl groups is 2. The van der Waals surface area contributed by atoms with Crippen LogP contribution in [0.1, 0.15) is 33.9 Å². The third-order valence-electron chi connectivity index (χ3n) is 4.15.